The van der Waals surface area contributed by atoms with Gasteiger partial charge in [-0.1, -0.05) is 12.1 Å². The Morgan fingerprint density at radius 1 is 1.28 bits per heavy atom. The largest absolute Gasteiger partial charge is 0.311 e. The van der Waals surface area contributed by atoms with Gasteiger partial charge < -0.3 is 5.32 Å². The van der Waals surface area contributed by atoms with Crippen molar-refractivity contribution >= 4 is 21.6 Å². The first-order chi connectivity index (χ1) is 13.9. The van der Waals surface area contributed by atoms with E-state index in [9.17, 15) is 17.6 Å². The van der Waals surface area contributed by atoms with Gasteiger partial charge in [-0.2, -0.15) is 5.10 Å². The van der Waals surface area contributed by atoms with Crippen LogP contribution in [0.15, 0.2) is 36.5 Å². The van der Waals surface area contributed by atoms with Crippen LogP contribution in [0.25, 0.3) is 0 Å². The highest BCUT2D eigenvalue weighted by molar-refractivity contribution is 7.91. The van der Waals surface area contributed by atoms with Gasteiger partial charge in [-0.25, -0.2) is 17.5 Å². The maximum atomic E-state index is 13.4. The van der Waals surface area contributed by atoms with Crippen molar-refractivity contribution < 1.29 is 17.6 Å². The molecular weight excluding hydrogens is 395 g/mol. The molecule has 2 aliphatic rings. The molecule has 7 nitrogen and oxygen atoms in total. The van der Waals surface area contributed by atoms with Crippen LogP contribution in [-0.4, -0.2) is 53.6 Å². The number of likely N-dealkylation sites (tertiary alicyclic amines) is 1. The number of hydrogen-bond acceptors (Lipinski definition) is 5. The molecular formula is C20H25FN4O3S. The van der Waals surface area contributed by atoms with Crippen molar-refractivity contribution in [1.82, 2.24) is 14.7 Å². The average molecular weight is 421 g/mol. The molecule has 1 amide bonds. The summed E-state index contributed by atoms with van der Waals surface area (Å²) in [4.78, 5) is 15.0. The van der Waals surface area contributed by atoms with Crippen LogP contribution in [0, 0.1) is 11.7 Å². The molecule has 156 valence electrons. The zero-order chi connectivity index (χ0) is 20.4. The molecule has 2 atom stereocenters. The monoisotopic (exact) mass is 420 g/mol. The van der Waals surface area contributed by atoms with Crippen LogP contribution in [0.5, 0.6) is 0 Å². The molecule has 3 heterocycles. The van der Waals surface area contributed by atoms with E-state index in [0.717, 1.165) is 24.9 Å². The number of rotatable bonds is 5. The fourth-order valence-electron chi connectivity index (χ4n) is 4.21. The topological polar surface area (TPSA) is 84.3 Å². The number of amides is 1. The second kappa shape index (κ2) is 8.23. The lowest BCUT2D eigenvalue weighted by molar-refractivity contribution is -0.121. The summed E-state index contributed by atoms with van der Waals surface area (Å²) in [5.74, 6) is 0.241. The van der Waals surface area contributed by atoms with Gasteiger partial charge in [0.1, 0.15) is 11.6 Å². The fraction of sp³-hybridized carbons (Fsp3) is 0.500. The Morgan fingerprint density at radius 2 is 2.14 bits per heavy atom. The van der Waals surface area contributed by atoms with Crippen molar-refractivity contribution in [2.45, 2.75) is 31.8 Å². The zero-order valence-corrected chi connectivity index (χ0v) is 16.9. The molecule has 0 unspecified atom stereocenters. The summed E-state index contributed by atoms with van der Waals surface area (Å²) in [5, 5.41) is 7.17. The maximum absolute atomic E-state index is 13.4. The van der Waals surface area contributed by atoms with Crippen molar-refractivity contribution in [2.24, 2.45) is 5.92 Å². The Bertz CT molecular complexity index is 991. The van der Waals surface area contributed by atoms with Gasteiger partial charge in [0.05, 0.1) is 29.7 Å². The summed E-state index contributed by atoms with van der Waals surface area (Å²) >= 11 is 0. The van der Waals surface area contributed by atoms with E-state index in [4.69, 9.17) is 0 Å². The minimum absolute atomic E-state index is 0.0579. The van der Waals surface area contributed by atoms with Gasteiger partial charge in [0, 0.05) is 19.2 Å². The summed E-state index contributed by atoms with van der Waals surface area (Å²) in [5.41, 5.74) is 0.895. The van der Waals surface area contributed by atoms with Crippen LogP contribution in [0.2, 0.25) is 0 Å². The second-order valence-corrected chi connectivity index (χ2v) is 10.1. The number of hydrogen-bond donors (Lipinski definition) is 1. The molecule has 1 aromatic heterocycles. The number of aromatic nitrogens is 2. The van der Waals surface area contributed by atoms with Crippen LogP contribution < -0.4 is 5.32 Å². The number of carbonyl (C=O) groups excluding carboxylic acids is 1. The Balaban J connectivity index is 1.38. The third-order valence-electron chi connectivity index (χ3n) is 5.65. The number of sulfone groups is 1. The van der Waals surface area contributed by atoms with Crippen molar-refractivity contribution in [1.29, 1.82) is 0 Å². The number of carbonyl (C=O) groups is 1. The minimum Gasteiger partial charge on any atom is -0.311 e. The van der Waals surface area contributed by atoms with E-state index in [-0.39, 0.29) is 35.2 Å². The quantitative estimate of drug-likeness (QED) is 0.802. The molecule has 0 bridgehead atoms. The molecule has 0 spiro atoms. The Hall–Kier alpha value is -2.26. The van der Waals surface area contributed by atoms with E-state index < -0.39 is 9.84 Å². The third-order valence-corrected chi connectivity index (χ3v) is 7.40. The zero-order valence-electron chi connectivity index (χ0n) is 16.1. The van der Waals surface area contributed by atoms with E-state index in [1.54, 1.807) is 23.0 Å². The van der Waals surface area contributed by atoms with Crippen molar-refractivity contribution in [3.8, 4) is 0 Å². The molecule has 2 aliphatic heterocycles. The highest BCUT2D eigenvalue weighted by Crippen LogP contribution is 2.27. The van der Waals surface area contributed by atoms with E-state index in [1.807, 2.05) is 6.07 Å². The number of nitrogens with one attached hydrogen (secondary N) is 1. The highest BCUT2D eigenvalue weighted by Gasteiger charge is 2.32. The van der Waals surface area contributed by atoms with E-state index in [1.165, 1.54) is 12.1 Å². The minimum atomic E-state index is -3.03. The Kier molecular flexibility index (Phi) is 5.69. The number of benzene rings is 1. The summed E-state index contributed by atoms with van der Waals surface area (Å²) < 4.78 is 38.6. The molecule has 2 fully saturated rings. The number of anilines is 1. The van der Waals surface area contributed by atoms with Crippen LogP contribution in [0.3, 0.4) is 0 Å². The highest BCUT2D eigenvalue weighted by atomic mass is 32.2. The summed E-state index contributed by atoms with van der Waals surface area (Å²) in [6, 6.07) is 8.01. The Morgan fingerprint density at radius 3 is 2.90 bits per heavy atom. The van der Waals surface area contributed by atoms with Crippen molar-refractivity contribution in [3.63, 3.8) is 0 Å². The molecule has 4 rings (SSSR count). The lowest BCUT2D eigenvalue weighted by Gasteiger charge is -2.32. The van der Waals surface area contributed by atoms with Gasteiger partial charge in [-0.05, 0) is 43.5 Å². The number of piperidine rings is 1. The molecule has 0 saturated carbocycles. The molecule has 29 heavy (non-hydrogen) atoms. The van der Waals surface area contributed by atoms with Crippen molar-refractivity contribution in [2.75, 3.05) is 29.9 Å². The molecule has 0 aliphatic carbocycles. The van der Waals surface area contributed by atoms with Gasteiger partial charge in [0.25, 0.3) is 0 Å². The van der Waals surface area contributed by atoms with E-state index in [2.05, 4.69) is 15.3 Å². The lowest BCUT2D eigenvalue weighted by Crippen LogP contribution is -2.40. The average Bonchev–Trinajstić information content (AvgIpc) is 3.27. The van der Waals surface area contributed by atoms with E-state index >= 15 is 0 Å². The first-order valence-electron chi connectivity index (χ1n) is 9.91. The van der Waals surface area contributed by atoms with Crippen LogP contribution in [0.4, 0.5) is 10.2 Å². The molecule has 1 N–H and O–H groups in total. The third kappa shape index (κ3) is 4.84. The van der Waals surface area contributed by atoms with E-state index in [0.29, 0.717) is 25.3 Å². The predicted octanol–water partition coefficient (Wildman–Crippen LogP) is 2.23. The SMILES string of the molecule is O=C(Nc1ccnn1[C@H]1CCS(=O)(=O)C1)[C@@H]1CCCN(Cc2cccc(F)c2)C1. The van der Waals surface area contributed by atoms with Crippen LogP contribution in [-0.2, 0) is 21.2 Å². The number of nitrogens with zero attached hydrogens (tertiary/aromatic N) is 3. The molecule has 1 aromatic carbocycles. The van der Waals surface area contributed by atoms with Gasteiger partial charge in [0.2, 0.25) is 5.91 Å². The standard InChI is InChI=1S/C20H25FN4O3S/c21-17-5-1-3-15(11-17)12-24-9-2-4-16(13-24)20(26)23-19-6-8-22-25(19)18-7-10-29(27,28)14-18/h1,3,5-6,8,11,16,18H,2,4,7,9-10,12-14H2,(H,23,26)/t16-,18+/m1/s1. The number of halogens is 1. The molecule has 2 saturated heterocycles. The summed E-state index contributed by atoms with van der Waals surface area (Å²) in [7, 11) is -3.03. The second-order valence-electron chi connectivity index (χ2n) is 7.91. The van der Waals surface area contributed by atoms with Gasteiger partial charge in [-0.15, -0.1) is 0 Å². The molecule has 0 radical (unpaired) electrons. The van der Waals surface area contributed by atoms with Crippen LogP contribution >= 0.6 is 0 Å². The normalized spacial score (nSPS) is 24.4. The van der Waals surface area contributed by atoms with Crippen LogP contribution in [0.1, 0.15) is 30.9 Å². The summed E-state index contributed by atoms with van der Waals surface area (Å²) in [6.07, 6.45) is 3.78. The van der Waals surface area contributed by atoms with Crippen molar-refractivity contribution in [3.05, 3.63) is 47.9 Å². The fourth-order valence-corrected chi connectivity index (χ4v) is 5.90. The van der Waals surface area contributed by atoms with Gasteiger partial charge in [0.15, 0.2) is 9.84 Å². The molecule has 2 aromatic rings. The lowest BCUT2D eigenvalue weighted by atomic mass is 9.96. The predicted molar refractivity (Wildman–Crippen MR) is 108 cm³/mol. The van der Waals surface area contributed by atoms with Gasteiger partial charge >= 0.3 is 0 Å². The molecule has 9 heteroatoms. The summed E-state index contributed by atoms with van der Waals surface area (Å²) in [6.45, 7) is 2.09. The first kappa shape index (κ1) is 20.0. The maximum Gasteiger partial charge on any atom is 0.229 e. The Labute approximate surface area is 169 Å². The van der Waals surface area contributed by atoms with Gasteiger partial charge in [-0.3, -0.25) is 9.69 Å². The first-order valence-corrected chi connectivity index (χ1v) is 11.7. The smallest absolute Gasteiger partial charge is 0.229 e.